The van der Waals surface area contributed by atoms with Crippen molar-refractivity contribution in [2.24, 2.45) is 5.41 Å². The zero-order valence-corrected chi connectivity index (χ0v) is 13.6. The van der Waals surface area contributed by atoms with Gasteiger partial charge in [-0.05, 0) is 50.2 Å². The van der Waals surface area contributed by atoms with E-state index in [0.29, 0.717) is 6.54 Å². The highest BCUT2D eigenvalue weighted by Gasteiger charge is 2.21. The Morgan fingerprint density at radius 3 is 2.00 bits per heavy atom. The summed E-state index contributed by atoms with van der Waals surface area (Å²) in [5.41, 5.74) is 1.05. The smallest absolute Gasteiger partial charge is 0.238 e. The second-order valence-corrected chi connectivity index (χ2v) is 6.81. The van der Waals surface area contributed by atoms with Crippen LogP contribution < -0.4 is 10.6 Å². The van der Waals surface area contributed by atoms with E-state index >= 15 is 0 Å². The Hall–Kier alpha value is -1.88. The number of amides is 2. The first-order chi connectivity index (χ1) is 10.3. The van der Waals surface area contributed by atoms with Crippen LogP contribution >= 0.6 is 0 Å². The van der Waals surface area contributed by atoms with Crippen molar-refractivity contribution in [3.05, 3.63) is 24.3 Å². The number of benzene rings is 1. The zero-order valence-electron chi connectivity index (χ0n) is 13.6. The van der Waals surface area contributed by atoms with Crippen LogP contribution in [0, 0.1) is 5.41 Å². The average molecular weight is 303 g/mol. The molecule has 2 rings (SSSR count). The van der Waals surface area contributed by atoms with E-state index in [9.17, 15) is 9.59 Å². The van der Waals surface area contributed by atoms with Crippen LogP contribution in [-0.2, 0) is 9.59 Å². The minimum Gasteiger partial charge on any atom is -0.326 e. The van der Waals surface area contributed by atoms with E-state index in [1.54, 1.807) is 24.3 Å². The highest BCUT2D eigenvalue weighted by atomic mass is 16.2. The molecule has 1 aliphatic rings. The number of nitrogens with zero attached hydrogens (tertiary/aromatic N) is 1. The van der Waals surface area contributed by atoms with Crippen LogP contribution in [0.4, 0.5) is 11.4 Å². The summed E-state index contributed by atoms with van der Waals surface area (Å²) in [4.78, 5) is 26.0. The first-order valence-electron chi connectivity index (χ1n) is 7.78. The van der Waals surface area contributed by atoms with E-state index < -0.39 is 5.41 Å². The number of likely N-dealkylation sites (tertiary alicyclic amines) is 1. The van der Waals surface area contributed by atoms with Crippen molar-refractivity contribution in [1.29, 1.82) is 0 Å². The molecule has 0 aromatic heterocycles. The van der Waals surface area contributed by atoms with Crippen LogP contribution in [0.1, 0.15) is 33.6 Å². The normalized spacial score (nSPS) is 15.6. The van der Waals surface area contributed by atoms with Crippen LogP contribution in [-0.4, -0.2) is 36.3 Å². The third-order valence-electron chi connectivity index (χ3n) is 3.67. The molecular formula is C17H25N3O2. The predicted octanol–water partition coefficient (Wildman–Crippen LogP) is 2.71. The number of rotatable bonds is 4. The van der Waals surface area contributed by atoms with Crippen molar-refractivity contribution >= 4 is 23.2 Å². The Kier molecular flexibility index (Phi) is 5.19. The molecule has 0 spiro atoms. The number of carbonyl (C=O) groups excluding carboxylic acids is 2. The van der Waals surface area contributed by atoms with Crippen molar-refractivity contribution in [3.63, 3.8) is 0 Å². The molecule has 22 heavy (non-hydrogen) atoms. The molecule has 1 aromatic carbocycles. The van der Waals surface area contributed by atoms with Gasteiger partial charge in [-0.3, -0.25) is 14.5 Å². The van der Waals surface area contributed by atoms with Crippen LogP contribution in [0.5, 0.6) is 0 Å². The van der Waals surface area contributed by atoms with Crippen LogP contribution in [0.2, 0.25) is 0 Å². The molecule has 1 heterocycles. The molecule has 1 aliphatic heterocycles. The standard InChI is InChI=1S/C17H25N3O2/c1-17(2,3)16(22)19-14-8-6-13(7-9-14)18-15(21)12-20-10-4-5-11-20/h6-9H,4-5,10-12H2,1-3H3,(H,18,21)(H,19,22). The maximum absolute atomic E-state index is 11.9. The van der Waals surface area contributed by atoms with Gasteiger partial charge in [-0.15, -0.1) is 0 Å². The lowest BCUT2D eigenvalue weighted by molar-refractivity contribution is -0.123. The molecule has 120 valence electrons. The average Bonchev–Trinajstić information content (AvgIpc) is 2.92. The second-order valence-electron chi connectivity index (χ2n) is 6.81. The summed E-state index contributed by atoms with van der Waals surface area (Å²) in [6.45, 7) is 8.07. The summed E-state index contributed by atoms with van der Waals surface area (Å²) in [5, 5.41) is 5.75. The monoisotopic (exact) mass is 303 g/mol. The summed E-state index contributed by atoms with van der Waals surface area (Å²) in [7, 11) is 0. The summed E-state index contributed by atoms with van der Waals surface area (Å²) in [6, 6.07) is 7.21. The fourth-order valence-electron chi connectivity index (χ4n) is 2.30. The van der Waals surface area contributed by atoms with Gasteiger partial charge in [0, 0.05) is 16.8 Å². The molecule has 5 heteroatoms. The number of hydrogen-bond donors (Lipinski definition) is 2. The summed E-state index contributed by atoms with van der Waals surface area (Å²) < 4.78 is 0. The molecule has 0 aliphatic carbocycles. The molecule has 0 atom stereocenters. The van der Waals surface area contributed by atoms with Gasteiger partial charge in [-0.2, -0.15) is 0 Å². The quantitative estimate of drug-likeness (QED) is 0.899. The van der Waals surface area contributed by atoms with Gasteiger partial charge < -0.3 is 10.6 Å². The molecular weight excluding hydrogens is 278 g/mol. The highest BCUT2D eigenvalue weighted by Crippen LogP contribution is 2.19. The van der Waals surface area contributed by atoms with Crippen molar-refractivity contribution < 1.29 is 9.59 Å². The number of nitrogens with one attached hydrogen (secondary N) is 2. The third-order valence-corrected chi connectivity index (χ3v) is 3.67. The Morgan fingerprint density at radius 2 is 1.50 bits per heavy atom. The lowest BCUT2D eigenvalue weighted by Crippen LogP contribution is -2.30. The van der Waals surface area contributed by atoms with Gasteiger partial charge in [0.15, 0.2) is 0 Å². The maximum Gasteiger partial charge on any atom is 0.238 e. The summed E-state index contributed by atoms with van der Waals surface area (Å²) in [5.74, 6) is -0.0216. The fourth-order valence-corrected chi connectivity index (χ4v) is 2.30. The molecule has 0 saturated carbocycles. The van der Waals surface area contributed by atoms with E-state index in [0.717, 1.165) is 24.5 Å². The molecule has 1 aromatic rings. The van der Waals surface area contributed by atoms with E-state index in [2.05, 4.69) is 15.5 Å². The van der Waals surface area contributed by atoms with Gasteiger partial charge in [0.05, 0.1) is 6.54 Å². The van der Waals surface area contributed by atoms with Gasteiger partial charge in [-0.25, -0.2) is 0 Å². The van der Waals surface area contributed by atoms with Crippen LogP contribution in [0.15, 0.2) is 24.3 Å². The number of anilines is 2. The molecule has 0 radical (unpaired) electrons. The van der Waals surface area contributed by atoms with Crippen LogP contribution in [0.25, 0.3) is 0 Å². The largest absolute Gasteiger partial charge is 0.326 e. The Balaban J connectivity index is 1.86. The molecule has 0 bridgehead atoms. The Morgan fingerprint density at radius 1 is 1.00 bits per heavy atom. The molecule has 1 saturated heterocycles. The van der Waals surface area contributed by atoms with E-state index in [1.807, 2.05) is 20.8 Å². The second kappa shape index (κ2) is 6.92. The van der Waals surface area contributed by atoms with Gasteiger partial charge in [0.2, 0.25) is 11.8 Å². The van der Waals surface area contributed by atoms with E-state index in [-0.39, 0.29) is 11.8 Å². The zero-order chi connectivity index (χ0) is 16.2. The number of carbonyl (C=O) groups is 2. The molecule has 0 unspecified atom stereocenters. The van der Waals surface area contributed by atoms with Gasteiger partial charge in [-0.1, -0.05) is 20.8 Å². The summed E-state index contributed by atoms with van der Waals surface area (Å²) >= 11 is 0. The Labute approximate surface area is 132 Å². The number of hydrogen-bond acceptors (Lipinski definition) is 3. The van der Waals surface area contributed by atoms with E-state index in [4.69, 9.17) is 0 Å². The lowest BCUT2D eigenvalue weighted by Gasteiger charge is -2.18. The minimum atomic E-state index is -0.428. The third kappa shape index (κ3) is 4.84. The topological polar surface area (TPSA) is 61.4 Å². The van der Waals surface area contributed by atoms with E-state index in [1.165, 1.54) is 12.8 Å². The molecule has 2 N–H and O–H groups in total. The first-order valence-corrected chi connectivity index (χ1v) is 7.78. The van der Waals surface area contributed by atoms with Crippen molar-refractivity contribution in [3.8, 4) is 0 Å². The predicted molar refractivity (Wildman–Crippen MR) is 88.8 cm³/mol. The van der Waals surface area contributed by atoms with Crippen molar-refractivity contribution in [1.82, 2.24) is 4.90 Å². The lowest BCUT2D eigenvalue weighted by atomic mass is 9.95. The fraction of sp³-hybridized carbons (Fsp3) is 0.529. The SMILES string of the molecule is CC(C)(C)C(=O)Nc1ccc(NC(=O)CN2CCCC2)cc1. The Bertz CT molecular complexity index is 526. The van der Waals surface area contributed by atoms with Crippen molar-refractivity contribution in [2.45, 2.75) is 33.6 Å². The molecule has 2 amide bonds. The highest BCUT2D eigenvalue weighted by molar-refractivity contribution is 5.95. The first kappa shape index (κ1) is 16.5. The summed E-state index contributed by atoms with van der Waals surface area (Å²) in [6.07, 6.45) is 2.35. The minimum absolute atomic E-state index is 0.00776. The molecule has 5 nitrogen and oxygen atoms in total. The van der Waals surface area contributed by atoms with Gasteiger partial charge >= 0.3 is 0 Å². The van der Waals surface area contributed by atoms with Gasteiger partial charge in [0.25, 0.3) is 0 Å². The van der Waals surface area contributed by atoms with Crippen molar-refractivity contribution in [2.75, 3.05) is 30.3 Å². The van der Waals surface area contributed by atoms with Gasteiger partial charge in [0.1, 0.15) is 0 Å². The maximum atomic E-state index is 11.9. The van der Waals surface area contributed by atoms with Crippen LogP contribution in [0.3, 0.4) is 0 Å². The molecule has 1 fully saturated rings.